The predicted octanol–water partition coefficient (Wildman–Crippen LogP) is 4.78. The van der Waals surface area contributed by atoms with Crippen molar-refractivity contribution in [3.8, 4) is 34.0 Å². The molecule has 2 aromatic heterocycles. The molecule has 1 aliphatic rings. The Morgan fingerprint density at radius 3 is 2.81 bits per heavy atom. The molecule has 32 heavy (non-hydrogen) atoms. The first kappa shape index (κ1) is 20.3. The van der Waals surface area contributed by atoms with Gasteiger partial charge in [0.1, 0.15) is 18.1 Å². The van der Waals surface area contributed by atoms with E-state index in [1.54, 1.807) is 29.0 Å². The van der Waals surface area contributed by atoms with Crippen LogP contribution in [0, 0.1) is 0 Å². The SMILES string of the molecule is CCN(C(=O)c1ccc(OC)c(-c2ccnn2C)c1)c1nc2c(s1)COc1ccccc1-2. The number of methoxy groups -OCH3 is 1. The third-order valence-electron chi connectivity index (χ3n) is 5.52. The van der Waals surface area contributed by atoms with Gasteiger partial charge >= 0.3 is 0 Å². The van der Waals surface area contributed by atoms with Crippen LogP contribution in [0.2, 0.25) is 0 Å². The predicted molar refractivity (Wildman–Crippen MR) is 124 cm³/mol. The van der Waals surface area contributed by atoms with E-state index in [9.17, 15) is 4.79 Å². The lowest BCUT2D eigenvalue weighted by Gasteiger charge is -2.19. The number of fused-ring (bicyclic) bond motifs is 3. The van der Waals surface area contributed by atoms with Crippen molar-refractivity contribution in [3.63, 3.8) is 0 Å². The zero-order valence-corrected chi connectivity index (χ0v) is 18.8. The Bertz CT molecular complexity index is 1310. The molecule has 162 valence electrons. The van der Waals surface area contributed by atoms with E-state index in [1.165, 1.54) is 11.3 Å². The molecule has 5 rings (SSSR count). The monoisotopic (exact) mass is 446 g/mol. The number of carbonyl (C=O) groups excluding carboxylic acids is 1. The van der Waals surface area contributed by atoms with Crippen molar-refractivity contribution in [2.45, 2.75) is 13.5 Å². The Balaban J connectivity index is 1.52. The van der Waals surface area contributed by atoms with Crippen LogP contribution in [-0.2, 0) is 13.7 Å². The highest BCUT2D eigenvalue weighted by Gasteiger charge is 2.27. The van der Waals surface area contributed by atoms with Crippen molar-refractivity contribution in [1.82, 2.24) is 14.8 Å². The zero-order chi connectivity index (χ0) is 22.2. The van der Waals surface area contributed by atoms with Gasteiger partial charge in [-0.15, -0.1) is 0 Å². The Hall–Kier alpha value is -3.65. The number of thiazole rings is 1. The molecule has 7 nitrogen and oxygen atoms in total. The molecule has 0 saturated carbocycles. The minimum atomic E-state index is -0.112. The van der Waals surface area contributed by atoms with Gasteiger partial charge in [0.2, 0.25) is 0 Å². The summed E-state index contributed by atoms with van der Waals surface area (Å²) in [6.45, 7) is 2.91. The molecule has 0 fully saturated rings. The fraction of sp³-hybridized carbons (Fsp3) is 0.208. The summed E-state index contributed by atoms with van der Waals surface area (Å²) in [6, 6.07) is 15.2. The van der Waals surface area contributed by atoms with E-state index in [0.717, 1.165) is 33.1 Å². The maximum atomic E-state index is 13.5. The van der Waals surface area contributed by atoms with E-state index < -0.39 is 0 Å². The third kappa shape index (κ3) is 3.33. The molecule has 0 bridgehead atoms. The highest BCUT2D eigenvalue weighted by molar-refractivity contribution is 7.16. The van der Waals surface area contributed by atoms with Crippen LogP contribution in [0.25, 0.3) is 22.5 Å². The number of hydrogen-bond donors (Lipinski definition) is 0. The van der Waals surface area contributed by atoms with Gasteiger partial charge in [0.15, 0.2) is 5.13 Å². The van der Waals surface area contributed by atoms with E-state index in [4.69, 9.17) is 14.5 Å². The van der Waals surface area contributed by atoms with Crippen molar-refractivity contribution in [1.29, 1.82) is 0 Å². The van der Waals surface area contributed by atoms with Crippen LogP contribution in [0.1, 0.15) is 22.2 Å². The highest BCUT2D eigenvalue weighted by Crippen LogP contribution is 2.42. The quantitative estimate of drug-likeness (QED) is 0.441. The molecule has 0 N–H and O–H groups in total. The molecule has 3 heterocycles. The number of amides is 1. The number of hydrogen-bond acceptors (Lipinski definition) is 6. The van der Waals surface area contributed by atoms with E-state index in [0.29, 0.717) is 29.6 Å². The van der Waals surface area contributed by atoms with Crippen LogP contribution >= 0.6 is 11.3 Å². The van der Waals surface area contributed by atoms with Gasteiger partial charge < -0.3 is 9.47 Å². The van der Waals surface area contributed by atoms with Gasteiger partial charge in [-0.25, -0.2) is 4.98 Å². The second kappa shape index (κ2) is 8.12. The van der Waals surface area contributed by atoms with E-state index >= 15 is 0 Å². The Kier molecular flexibility index (Phi) is 5.14. The summed E-state index contributed by atoms with van der Waals surface area (Å²) in [5.41, 5.74) is 4.10. The molecule has 4 aromatic rings. The summed E-state index contributed by atoms with van der Waals surface area (Å²) < 4.78 is 13.1. The Morgan fingerprint density at radius 2 is 2.06 bits per heavy atom. The standard InChI is InChI=1S/C24H22N4O3S/c1-4-28(24-26-22-16-7-5-6-8-20(16)31-14-21(22)32-24)23(29)15-9-10-19(30-3)17(13-15)18-11-12-25-27(18)2/h5-13H,4,14H2,1-3H3. The third-order valence-corrected chi connectivity index (χ3v) is 6.57. The van der Waals surface area contributed by atoms with Gasteiger partial charge in [-0.3, -0.25) is 14.4 Å². The molecule has 0 radical (unpaired) electrons. The van der Waals surface area contributed by atoms with Crippen LogP contribution in [-0.4, -0.2) is 34.3 Å². The topological polar surface area (TPSA) is 69.5 Å². The average molecular weight is 447 g/mol. The lowest BCUT2D eigenvalue weighted by molar-refractivity contribution is 0.0988. The summed E-state index contributed by atoms with van der Waals surface area (Å²) in [4.78, 5) is 21.1. The Morgan fingerprint density at radius 1 is 1.22 bits per heavy atom. The number of para-hydroxylation sites is 1. The maximum absolute atomic E-state index is 13.5. The molecule has 2 aromatic carbocycles. The number of benzene rings is 2. The van der Waals surface area contributed by atoms with Crippen molar-refractivity contribution >= 4 is 22.4 Å². The second-order valence-corrected chi connectivity index (χ2v) is 8.42. The summed E-state index contributed by atoms with van der Waals surface area (Å²) >= 11 is 1.50. The number of nitrogens with zero attached hydrogens (tertiary/aromatic N) is 4. The lowest BCUT2D eigenvalue weighted by atomic mass is 10.1. The second-order valence-electron chi connectivity index (χ2n) is 7.36. The number of anilines is 1. The van der Waals surface area contributed by atoms with Crippen LogP contribution in [0.3, 0.4) is 0 Å². The van der Waals surface area contributed by atoms with Crippen LogP contribution < -0.4 is 14.4 Å². The number of carbonyl (C=O) groups is 1. The van der Waals surface area contributed by atoms with E-state index in [2.05, 4.69) is 5.10 Å². The van der Waals surface area contributed by atoms with E-state index in [1.807, 2.05) is 56.4 Å². The van der Waals surface area contributed by atoms with Gasteiger partial charge in [0.05, 0.1) is 23.4 Å². The first-order chi connectivity index (χ1) is 15.6. The van der Waals surface area contributed by atoms with Gasteiger partial charge in [0, 0.05) is 36.5 Å². The normalized spacial score (nSPS) is 12.0. The number of ether oxygens (including phenoxy) is 2. The number of rotatable bonds is 5. The first-order valence-electron chi connectivity index (χ1n) is 10.3. The van der Waals surface area contributed by atoms with Crippen molar-refractivity contribution < 1.29 is 14.3 Å². The van der Waals surface area contributed by atoms with E-state index in [-0.39, 0.29) is 5.91 Å². The van der Waals surface area contributed by atoms with Crippen molar-refractivity contribution in [3.05, 3.63) is 65.2 Å². The summed E-state index contributed by atoms with van der Waals surface area (Å²) in [5, 5.41) is 4.91. The molecule has 0 saturated heterocycles. The molecule has 0 unspecified atom stereocenters. The molecule has 0 atom stereocenters. The number of aryl methyl sites for hydroxylation is 1. The fourth-order valence-corrected chi connectivity index (χ4v) is 4.94. The molecule has 1 amide bonds. The van der Waals surface area contributed by atoms with Gasteiger partial charge in [-0.1, -0.05) is 23.5 Å². The molecular formula is C24H22N4O3S. The first-order valence-corrected chi connectivity index (χ1v) is 11.1. The minimum absolute atomic E-state index is 0.112. The maximum Gasteiger partial charge on any atom is 0.260 e. The van der Waals surface area contributed by atoms with Crippen molar-refractivity contribution in [2.24, 2.45) is 7.05 Å². The zero-order valence-electron chi connectivity index (χ0n) is 18.0. The lowest BCUT2D eigenvalue weighted by Crippen LogP contribution is -2.30. The molecule has 0 aliphatic carbocycles. The summed E-state index contributed by atoms with van der Waals surface area (Å²) in [7, 11) is 3.48. The van der Waals surface area contributed by atoms with Crippen LogP contribution in [0.15, 0.2) is 54.7 Å². The van der Waals surface area contributed by atoms with Crippen LogP contribution in [0.4, 0.5) is 5.13 Å². The molecular weight excluding hydrogens is 424 g/mol. The number of aromatic nitrogens is 3. The van der Waals surface area contributed by atoms with Gasteiger partial charge in [0.25, 0.3) is 5.91 Å². The smallest absolute Gasteiger partial charge is 0.260 e. The van der Waals surface area contributed by atoms with Gasteiger partial charge in [-0.05, 0) is 43.3 Å². The van der Waals surface area contributed by atoms with Gasteiger partial charge in [-0.2, -0.15) is 5.10 Å². The molecule has 8 heteroatoms. The Labute approximate surface area is 189 Å². The minimum Gasteiger partial charge on any atom is -0.496 e. The molecule has 1 aliphatic heterocycles. The van der Waals surface area contributed by atoms with Crippen molar-refractivity contribution in [2.75, 3.05) is 18.6 Å². The summed E-state index contributed by atoms with van der Waals surface area (Å²) in [5.74, 6) is 1.40. The fourth-order valence-electron chi connectivity index (χ4n) is 3.90. The highest BCUT2D eigenvalue weighted by atomic mass is 32.1. The van der Waals surface area contributed by atoms with Crippen LogP contribution in [0.5, 0.6) is 11.5 Å². The summed E-state index contributed by atoms with van der Waals surface area (Å²) in [6.07, 6.45) is 1.72. The average Bonchev–Trinajstić information content (AvgIpc) is 3.45. The largest absolute Gasteiger partial charge is 0.496 e. The molecule has 0 spiro atoms.